The van der Waals surface area contributed by atoms with Gasteiger partial charge in [-0.2, -0.15) is 0 Å². The molecule has 2 N–H and O–H groups in total. The minimum absolute atomic E-state index is 0. The van der Waals surface area contributed by atoms with Crippen LogP contribution in [0.2, 0.25) is 0 Å². The Balaban J connectivity index is 0.00000288. The molecule has 0 spiro atoms. The molecule has 0 aromatic heterocycles. The Kier molecular flexibility index (Phi) is 9.20. The molecule has 7 heteroatoms. The molecule has 0 aromatic carbocycles. The van der Waals surface area contributed by atoms with Crippen LogP contribution in [-0.4, -0.2) is 66.2 Å². The first-order chi connectivity index (χ1) is 10.6. The summed E-state index contributed by atoms with van der Waals surface area (Å²) >= 11 is 0. The van der Waals surface area contributed by atoms with Crippen LogP contribution >= 0.6 is 24.8 Å². The molecule has 150 valence electrons. The molecule has 0 radical (unpaired) electrons. The van der Waals surface area contributed by atoms with E-state index in [4.69, 9.17) is 10.5 Å². The van der Waals surface area contributed by atoms with E-state index in [1.54, 1.807) is 0 Å². The molecule has 5 nitrogen and oxygen atoms in total. The fourth-order valence-electron chi connectivity index (χ4n) is 4.07. The van der Waals surface area contributed by atoms with Crippen molar-refractivity contribution in [2.45, 2.75) is 77.6 Å². The maximum absolute atomic E-state index is 13.1. The predicted octanol–water partition coefficient (Wildman–Crippen LogP) is 2.69. The van der Waals surface area contributed by atoms with Gasteiger partial charge in [0.25, 0.3) is 0 Å². The number of likely N-dealkylation sites (N-methyl/N-ethyl adjacent to an activating group) is 1. The Labute approximate surface area is 165 Å². The zero-order valence-electron chi connectivity index (χ0n) is 16.6. The molecular formula is C18H37Cl2N3O2. The number of halogens is 2. The second kappa shape index (κ2) is 9.23. The van der Waals surface area contributed by atoms with Gasteiger partial charge in [0.05, 0.1) is 6.10 Å². The number of amides is 1. The summed E-state index contributed by atoms with van der Waals surface area (Å²) in [5.74, 6) is 0.0847. The molecule has 25 heavy (non-hydrogen) atoms. The Morgan fingerprint density at radius 1 is 1.28 bits per heavy atom. The number of ether oxygens (including phenoxy) is 1. The van der Waals surface area contributed by atoms with Gasteiger partial charge in [0.15, 0.2) is 0 Å². The lowest BCUT2D eigenvalue weighted by atomic mass is 9.54. The molecule has 2 rings (SSSR count). The molecule has 0 aromatic rings. The van der Waals surface area contributed by atoms with Gasteiger partial charge in [-0.25, -0.2) is 0 Å². The Bertz CT molecular complexity index is 440. The molecule has 1 heterocycles. The quantitative estimate of drug-likeness (QED) is 0.774. The molecule has 2 atom stereocenters. The van der Waals surface area contributed by atoms with Gasteiger partial charge in [-0.3, -0.25) is 4.79 Å². The summed E-state index contributed by atoms with van der Waals surface area (Å²) in [4.78, 5) is 17.5. The number of hydrogen-bond donors (Lipinski definition) is 1. The van der Waals surface area contributed by atoms with Gasteiger partial charge in [0, 0.05) is 50.7 Å². The summed E-state index contributed by atoms with van der Waals surface area (Å²) < 4.78 is 5.75. The van der Waals surface area contributed by atoms with E-state index >= 15 is 0 Å². The standard InChI is InChI=1S/C18H35N3O2.2ClH/c1-7-23-15-12-18(19,17(15,4)5)16(22)20(6)14-8-10-21(11-9-14)13(2)3;;/h13-15H,7-12,19H2,1-6H3;2*1H. The minimum atomic E-state index is -0.795. The first-order valence-electron chi connectivity index (χ1n) is 9.07. The monoisotopic (exact) mass is 397 g/mol. The van der Waals surface area contributed by atoms with Gasteiger partial charge in [0.1, 0.15) is 5.54 Å². The molecule has 1 amide bonds. The van der Waals surface area contributed by atoms with Crippen molar-refractivity contribution in [2.24, 2.45) is 11.1 Å². The van der Waals surface area contributed by atoms with E-state index in [1.165, 1.54) is 0 Å². The third-order valence-electron chi connectivity index (χ3n) is 6.31. The van der Waals surface area contributed by atoms with Gasteiger partial charge in [-0.05, 0) is 33.6 Å². The lowest BCUT2D eigenvalue weighted by molar-refractivity contribution is -0.180. The topological polar surface area (TPSA) is 58.8 Å². The van der Waals surface area contributed by atoms with Crippen molar-refractivity contribution in [3.05, 3.63) is 0 Å². The van der Waals surface area contributed by atoms with Gasteiger partial charge in [-0.1, -0.05) is 13.8 Å². The van der Waals surface area contributed by atoms with Crippen molar-refractivity contribution in [2.75, 3.05) is 26.7 Å². The van der Waals surface area contributed by atoms with E-state index in [2.05, 4.69) is 32.6 Å². The van der Waals surface area contributed by atoms with Crippen LogP contribution in [0.4, 0.5) is 0 Å². The van der Waals surface area contributed by atoms with E-state index in [1.807, 2.05) is 18.9 Å². The van der Waals surface area contributed by atoms with Crippen LogP contribution < -0.4 is 5.73 Å². The van der Waals surface area contributed by atoms with E-state index in [9.17, 15) is 4.79 Å². The van der Waals surface area contributed by atoms with Crippen LogP contribution in [0.25, 0.3) is 0 Å². The Morgan fingerprint density at radius 2 is 1.80 bits per heavy atom. The van der Waals surface area contributed by atoms with Gasteiger partial charge in [0.2, 0.25) is 5.91 Å². The number of rotatable bonds is 5. The summed E-state index contributed by atoms with van der Waals surface area (Å²) in [5.41, 5.74) is 5.44. The average Bonchev–Trinajstić information content (AvgIpc) is 2.53. The second-order valence-electron chi connectivity index (χ2n) is 8.12. The number of carbonyl (C=O) groups excluding carboxylic acids is 1. The molecule has 2 aliphatic rings. The SMILES string of the molecule is CCOC1CC(N)(C(=O)N(C)C2CCN(C(C)C)CC2)C1(C)C.Cl.Cl. The maximum Gasteiger partial charge on any atom is 0.243 e. The maximum atomic E-state index is 13.1. The third-order valence-corrected chi connectivity index (χ3v) is 6.31. The summed E-state index contributed by atoms with van der Waals surface area (Å²) in [6.45, 7) is 13.4. The van der Waals surface area contributed by atoms with Crippen molar-refractivity contribution in [1.29, 1.82) is 0 Å². The van der Waals surface area contributed by atoms with Crippen LogP contribution in [0.5, 0.6) is 0 Å². The zero-order valence-corrected chi connectivity index (χ0v) is 18.2. The number of nitrogens with two attached hydrogens (primary N) is 1. The van der Waals surface area contributed by atoms with Crippen molar-refractivity contribution in [1.82, 2.24) is 9.80 Å². The first-order valence-corrected chi connectivity index (χ1v) is 9.07. The van der Waals surface area contributed by atoms with Crippen LogP contribution in [0.15, 0.2) is 0 Å². The molecule has 1 saturated heterocycles. The second-order valence-corrected chi connectivity index (χ2v) is 8.12. The number of piperidine rings is 1. The summed E-state index contributed by atoms with van der Waals surface area (Å²) in [6.07, 6.45) is 2.78. The number of hydrogen-bond acceptors (Lipinski definition) is 4. The summed E-state index contributed by atoms with van der Waals surface area (Å²) in [6, 6.07) is 0.884. The molecule has 0 bridgehead atoms. The number of nitrogens with zero attached hydrogens (tertiary/aromatic N) is 2. The predicted molar refractivity (Wildman–Crippen MR) is 108 cm³/mol. The van der Waals surface area contributed by atoms with Gasteiger partial charge >= 0.3 is 0 Å². The Morgan fingerprint density at radius 3 is 2.20 bits per heavy atom. The molecule has 1 aliphatic heterocycles. The zero-order chi connectivity index (χ0) is 17.4. The highest BCUT2D eigenvalue weighted by molar-refractivity contribution is 5.89. The Hall–Kier alpha value is -0.0700. The molecule has 2 fully saturated rings. The normalized spacial score (nSPS) is 29.4. The lowest BCUT2D eigenvalue weighted by Crippen LogP contribution is -2.76. The van der Waals surface area contributed by atoms with Crippen LogP contribution in [0.1, 0.15) is 53.9 Å². The van der Waals surface area contributed by atoms with E-state index < -0.39 is 5.54 Å². The van der Waals surface area contributed by atoms with Crippen molar-refractivity contribution in [3.8, 4) is 0 Å². The molecular weight excluding hydrogens is 361 g/mol. The lowest BCUT2D eigenvalue weighted by Gasteiger charge is -2.59. The third kappa shape index (κ3) is 4.44. The van der Waals surface area contributed by atoms with Crippen molar-refractivity contribution < 1.29 is 9.53 Å². The molecule has 1 aliphatic carbocycles. The highest BCUT2D eigenvalue weighted by Crippen LogP contribution is 2.50. The molecule has 2 unspecified atom stereocenters. The van der Waals surface area contributed by atoms with Gasteiger partial charge < -0.3 is 20.3 Å². The number of likely N-dealkylation sites (tertiary alicyclic amines) is 1. The fraction of sp³-hybridized carbons (Fsp3) is 0.944. The van der Waals surface area contributed by atoms with E-state index in [0.29, 0.717) is 25.1 Å². The van der Waals surface area contributed by atoms with Crippen molar-refractivity contribution >= 4 is 30.7 Å². The highest BCUT2D eigenvalue weighted by Gasteiger charge is 2.63. The van der Waals surface area contributed by atoms with Crippen LogP contribution in [0, 0.1) is 5.41 Å². The van der Waals surface area contributed by atoms with E-state index in [-0.39, 0.29) is 42.2 Å². The minimum Gasteiger partial charge on any atom is -0.378 e. The summed E-state index contributed by atoms with van der Waals surface area (Å²) in [7, 11) is 1.93. The van der Waals surface area contributed by atoms with Crippen LogP contribution in [0.3, 0.4) is 0 Å². The smallest absolute Gasteiger partial charge is 0.243 e. The van der Waals surface area contributed by atoms with Gasteiger partial charge in [-0.15, -0.1) is 24.8 Å². The number of carbonyl (C=O) groups is 1. The molecule has 1 saturated carbocycles. The first kappa shape index (κ1) is 24.9. The summed E-state index contributed by atoms with van der Waals surface area (Å²) in [5, 5.41) is 0. The van der Waals surface area contributed by atoms with Crippen molar-refractivity contribution in [3.63, 3.8) is 0 Å². The highest BCUT2D eigenvalue weighted by atomic mass is 35.5. The van der Waals surface area contributed by atoms with Crippen LogP contribution in [-0.2, 0) is 9.53 Å². The van der Waals surface area contributed by atoms with E-state index in [0.717, 1.165) is 25.9 Å². The fourth-order valence-corrected chi connectivity index (χ4v) is 4.07. The largest absolute Gasteiger partial charge is 0.378 e. The average molecular weight is 398 g/mol.